The molecule has 1 N–H and O–H groups in total. The smallest absolute Gasteiger partial charge is 0.316 e. The molecule has 1 saturated heterocycles. The predicted molar refractivity (Wildman–Crippen MR) is 121 cm³/mol. The fourth-order valence-electron chi connectivity index (χ4n) is 4.67. The second-order valence-electron chi connectivity index (χ2n) is 8.69. The van der Waals surface area contributed by atoms with E-state index in [9.17, 15) is 4.39 Å². The number of benzene rings is 1. The largest absolute Gasteiger partial charge is 0.467 e. The molecule has 1 atom stereocenters. The van der Waals surface area contributed by atoms with Crippen LogP contribution in [0.15, 0.2) is 36.5 Å². The minimum atomic E-state index is -0.278. The summed E-state index contributed by atoms with van der Waals surface area (Å²) >= 11 is 0. The van der Waals surface area contributed by atoms with Gasteiger partial charge in [-0.05, 0) is 75.3 Å². The van der Waals surface area contributed by atoms with E-state index < -0.39 is 0 Å². The van der Waals surface area contributed by atoms with Gasteiger partial charge >= 0.3 is 6.01 Å². The summed E-state index contributed by atoms with van der Waals surface area (Å²) in [5, 5.41) is 0. The van der Waals surface area contributed by atoms with Crippen molar-refractivity contribution in [2.24, 2.45) is 0 Å². The molecule has 0 spiro atoms. The maximum absolute atomic E-state index is 13.5. The van der Waals surface area contributed by atoms with Gasteiger partial charge in [-0.2, -0.15) is 4.98 Å². The number of ether oxygens (including phenoxy) is 3. The molecule has 174 valence electrons. The number of halogens is 1. The molecule has 0 bridgehead atoms. The monoisotopic (exact) mass is 452 g/mol. The van der Waals surface area contributed by atoms with Crippen molar-refractivity contribution in [1.29, 1.82) is 0 Å². The van der Waals surface area contributed by atoms with Crippen molar-refractivity contribution in [3.8, 4) is 28.7 Å². The van der Waals surface area contributed by atoms with Gasteiger partial charge in [-0.1, -0.05) is 0 Å². The minimum absolute atomic E-state index is 0.0478. The van der Waals surface area contributed by atoms with Crippen molar-refractivity contribution < 1.29 is 18.6 Å². The van der Waals surface area contributed by atoms with Gasteiger partial charge in [-0.25, -0.2) is 14.4 Å². The minimum Gasteiger partial charge on any atom is -0.467 e. The Morgan fingerprint density at radius 1 is 1.00 bits per heavy atom. The normalized spacial score (nSPS) is 23.4. The highest BCUT2D eigenvalue weighted by molar-refractivity contribution is 5.76. The Morgan fingerprint density at radius 3 is 2.55 bits per heavy atom. The van der Waals surface area contributed by atoms with Crippen LogP contribution in [0.3, 0.4) is 0 Å². The molecule has 0 amide bonds. The quantitative estimate of drug-likeness (QED) is 0.550. The summed E-state index contributed by atoms with van der Waals surface area (Å²) in [7, 11) is 1.54. The Labute approximate surface area is 192 Å². The van der Waals surface area contributed by atoms with Crippen molar-refractivity contribution >= 4 is 0 Å². The molecule has 0 radical (unpaired) electrons. The molecule has 7 nitrogen and oxygen atoms in total. The molecule has 5 rings (SSSR count). The molecule has 2 aliphatic rings. The average molecular weight is 453 g/mol. The second kappa shape index (κ2) is 9.97. The number of hydrogen-bond donors (Lipinski definition) is 1. The third-order valence-electron chi connectivity index (χ3n) is 6.46. The summed E-state index contributed by atoms with van der Waals surface area (Å²) in [6, 6.07) is 8.49. The van der Waals surface area contributed by atoms with Gasteiger partial charge in [-0.3, -0.25) is 0 Å². The molecule has 1 aromatic carbocycles. The first-order valence-corrected chi connectivity index (χ1v) is 11.7. The van der Waals surface area contributed by atoms with Crippen LogP contribution in [0.5, 0.6) is 6.01 Å². The van der Waals surface area contributed by atoms with Crippen LogP contribution in [0.1, 0.15) is 56.7 Å². The first-order valence-electron chi connectivity index (χ1n) is 11.7. The first kappa shape index (κ1) is 22.0. The molecule has 3 heterocycles. The van der Waals surface area contributed by atoms with Gasteiger partial charge in [-0.15, -0.1) is 0 Å². The van der Waals surface area contributed by atoms with Crippen LogP contribution in [-0.2, 0) is 9.47 Å². The molecule has 33 heavy (non-hydrogen) atoms. The van der Waals surface area contributed by atoms with E-state index in [4.69, 9.17) is 19.2 Å². The number of nitrogens with one attached hydrogen (secondary N) is 1. The van der Waals surface area contributed by atoms with E-state index in [1.807, 2.05) is 6.07 Å². The number of rotatable bonds is 6. The number of aromatic amines is 1. The zero-order valence-corrected chi connectivity index (χ0v) is 18.8. The molecule has 1 unspecified atom stereocenters. The third-order valence-corrected chi connectivity index (χ3v) is 6.46. The van der Waals surface area contributed by atoms with E-state index in [-0.39, 0.29) is 24.2 Å². The van der Waals surface area contributed by atoms with E-state index in [0.29, 0.717) is 11.6 Å². The molecule has 1 aliphatic heterocycles. The number of methoxy groups -OCH3 is 1. The fraction of sp³-hybridized carbons (Fsp3) is 0.480. The summed E-state index contributed by atoms with van der Waals surface area (Å²) in [6.07, 6.45) is 9.07. The molecule has 1 saturated carbocycles. The molecule has 2 aromatic heterocycles. The zero-order valence-electron chi connectivity index (χ0n) is 18.8. The maximum atomic E-state index is 13.5. The van der Waals surface area contributed by atoms with Gasteiger partial charge in [0.25, 0.3) is 0 Å². The van der Waals surface area contributed by atoms with Gasteiger partial charge in [0.05, 0.1) is 30.3 Å². The standard InChI is InChI=1S/C25H29FN4O3/c1-31-25-27-14-13-20(28-25)23-22(16-5-9-18(26)10-6-16)29-24(30-23)17-7-11-19(12-8-17)33-21-4-2-3-15-32-21/h5-6,9-10,13-14,17,19,21H,2-4,7-8,11-12,15H2,1H3,(H,29,30). The lowest BCUT2D eigenvalue weighted by atomic mass is 9.87. The average Bonchev–Trinajstić information content (AvgIpc) is 3.31. The van der Waals surface area contributed by atoms with E-state index in [1.165, 1.54) is 25.7 Å². The number of aromatic nitrogens is 4. The van der Waals surface area contributed by atoms with Crippen molar-refractivity contribution in [3.63, 3.8) is 0 Å². The first-order chi connectivity index (χ1) is 16.2. The van der Waals surface area contributed by atoms with Crippen molar-refractivity contribution in [1.82, 2.24) is 19.9 Å². The number of H-pyrrole nitrogens is 1. The highest BCUT2D eigenvalue weighted by Crippen LogP contribution is 2.37. The van der Waals surface area contributed by atoms with Crippen molar-refractivity contribution in [2.75, 3.05) is 13.7 Å². The topological polar surface area (TPSA) is 82.2 Å². The Morgan fingerprint density at radius 2 is 1.82 bits per heavy atom. The van der Waals surface area contributed by atoms with Crippen LogP contribution in [0.25, 0.3) is 22.6 Å². The van der Waals surface area contributed by atoms with Crippen molar-refractivity contribution in [3.05, 3.63) is 48.2 Å². The van der Waals surface area contributed by atoms with E-state index in [2.05, 4.69) is 15.0 Å². The molecule has 1 aliphatic carbocycles. The number of hydrogen-bond acceptors (Lipinski definition) is 6. The van der Waals surface area contributed by atoms with E-state index in [0.717, 1.165) is 67.9 Å². The SMILES string of the molecule is COc1nccc(-c2[nH]c(C3CCC(OC4CCCCO4)CC3)nc2-c2ccc(F)cc2)n1. The van der Waals surface area contributed by atoms with Gasteiger partial charge in [0.2, 0.25) is 0 Å². The summed E-state index contributed by atoms with van der Waals surface area (Å²) in [5.41, 5.74) is 3.05. The summed E-state index contributed by atoms with van der Waals surface area (Å²) in [6.45, 7) is 0.801. The molecule has 8 heteroatoms. The lowest BCUT2D eigenvalue weighted by Gasteiger charge is -2.32. The van der Waals surface area contributed by atoms with Crippen LogP contribution in [0, 0.1) is 5.82 Å². The van der Waals surface area contributed by atoms with Crippen LogP contribution in [0.4, 0.5) is 4.39 Å². The summed E-state index contributed by atoms with van der Waals surface area (Å²) in [5.74, 6) is 0.947. The molecular formula is C25H29FN4O3. The molecule has 2 fully saturated rings. The Hall–Kier alpha value is -2.84. The summed E-state index contributed by atoms with van der Waals surface area (Å²) < 4.78 is 30.7. The Bertz CT molecular complexity index is 1060. The molecular weight excluding hydrogens is 423 g/mol. The molecule has 3 aromatic rings. The van der Waals surface area contributed by atoms with E-state index >= 15 is 0 Å². The Balaban J connectivity index is 1.37. The Kier molecular flexibility index (Phi) is 6.64. The third kappa shape index (κ3) is 5.07. The van der Waals surface area contributed by atoms with Gasteiger partial charge < -0.3 is 19.2 Å². The second-order valence-corrected chi connectivity index (χ2v) is 8.69. The lowest BCUT2D eigenvalue weighted by molar-refractivity contribution is -0.193. The number of imidazole rings is 1. The maximum Gasteiger partial charge on any atom is 0.316 e. The van der Waals surface area contributed by atoms with E-state index in [1.54, 1.807) is 18.3 Å². The predicted octanol–water partition coefficient (Wildman–Crippen LogP) is 5.25. The van der Waals surface area contributed by atoms with Crippen molar-refractivity contribution in [2.45, 2.75) is 63.3 Å². The highest BCUT2D eigenvalue weighted by Gasteiger charge is 2.29. The van der Waals surface area contributed by atoms with Crippen LogP contribution >= 0.6 is 0 Å². The van der Waals surface area contributed by atoms with Gasteiger partial charge in [0.15, 0.2) is 6.29 Å². The highest BCUT2D eigenvalue weighted by atomic mass is 19.1. The van der Waals surface area contributed by atoms with Crippen LogP contribution < -0.4 is 4.74 Å². The van der Waals surface area contributed by atoms with Gasteiger partial charge in [0, 0.05) is 24.3 Å². The van der Waals surface area contributed by atoms with Crippen LogP contribution in [-0.4, -0.2) is 46.0 Å². The lowest BCUT2D eigenvalue weighted by Crippen LogP contribution is -2.30. The number of nitrogens with zero attached hydrogens (tertiary/aromatic N) is 3. The fourth-order valence-corrected chi connectivity index (χ4v) is 4.67. The summed E-state index contributed by atoms with van der Waals surface area (Å²) in [4.78, 5) is 17.1. The zero-order chi connectivity index (χ0) is 22.6. The van der Waals surface area contributed by atoms with Crippen LogP contribution in [0.2, 0.25) is 0 Å². The van der Waals surface area contributed by atoms with Gasteiger partial charge in [0.1, 0.15) is 11.6 Å².